The van der Waals surface area contributed by atoms with Crippen LogP contribution in [-0.4, -0.2) is 37.4 Å². The molecule has 1 aliphatic carbocycles. The van der Waals surface area contributed by atoms with E-state index >= 15 is 0 Å². The van der Waals surface area contributed by atoms with Gasteiger partial charge in [0, 0.05) is 43.0 Å². The Morgan fingerprint density at radius 2 is 1.86 bits per heavy atom. The number of carbonyl (C=O) groups excluding carboxylic acids is 1. The number of carbonyl (C=O) groups is 1. The molecule has 0 saturated carbocycles. The molecule has 0 bridgehead atoms. The van der Waals surface area contributed by atoms with E-state index in [1.807, 2.05) is 12.1 Å². The summed E-state index contributed by atoms with van der Waals surface area (Å²) in [4.78, 5) is 14.7. The summed E-state index contributed by atoms with van der Waals surface area (Å²) in [6.07, 6.45) is 11.4. The van der Waals surface area contributed by atoms with Gasteiger partial charge in [0.25, 0.3) is 0 Å². The van der Waals surface area contributed by atoms with Crippen molar-refractivity contribution in [2.24, 2.45) is 0 Å². The topological polar surface area (TPSA) is 42.7 Å². The van der Waals surface area contributed by atoms with Crippen LogP contribution in [0.3, 0.4) is 0 Å². The highest BCUT2D eigenvalue weighted by Gasteiger charge is 2.39. The number of para-hydroxylation sites is 1. The number of unbranched alkanes of at least 4 members (excludes halogenated alkanes) is 1. The number of hydrogen-bond acceptors (Lipinski definition) is 4. The molecule has 6 heteroatoms. The van der Waals surface area contributed by atoms with Crippen molar-refractivity contribution in [3.63, 3.8) is 0 Å². The van der Waals surface area contributed by atoms with Crippen LogP contribution in [0.5, 0.6) is 0 Å². The third kappa shape index (κ3) is 5.92. The van der Waals surface area contributed by atoms with Crippen LogP contribution in [0.1, 0.15) is 55.9 Å². The van der Waals surface area contributed by atoms with Crippen molar-refractivity contribution in [3.8, 4) is 0 Å². The van der Waals surface area contributed by atoms with E-state index in [0.717, 1.165) is 91.3 Å². The molecule has 4 nitrogen and oxygen atoms in total. The summed E-state index contributed by atoms with van der Waals surface area (Å²) in [7, 11) is 0. The van der Waals surface area contributed by atoms with Gasteiger partial charge in [-0.3, -0.25) is 4.79 Å². The Labute approximate surface area is 246 Å². The summed E-state index contributed by atoms with van der Waals surface area (Å²) < 4.78 is 15.7. The maximum Gasteiger partial charge on any atom is 0.150 e. The number of allylic oxidation sites excluding steroid dienone is 2. The Bertz CT molecular complexity index is 1320. The molecule has 1 aliphatic heterocycles. The molecule has 0 spiro atoms. The highest BCUT2D eigenvalue weighted by molar-refractivity contribution is 14.1. The number of rotatable bonds is 10. The van der Waals surface area contributed by atoms with Gasteiger partial charge in [0.05, 0.1) is 6.61 Å². The summed E-state index contributed by atoms with van der Waals surface area (Å²) in [6, 6.07) is 14.7. The number of fused-ring (bicyclic) bond motifs is 1. The van der Waals surface area contributed by atoms with Crippen LogP contribution >= 0.6 is 45.2 Å². The highest BCUT2D eigenvalue weighted by Crippen LogP contribution is 2.46. The lowest BCUT2D eigenvalue weighted by Gasteiger charge is -2.35. The highest BCUT2D eigenvalue weighted by atomic mass is 127. The summed E-state index contributed by atoms with van der Waals surface area (Å²) in [5, 5.41) is 1.10. The smallest absolute Gasteiger partial charge is 0.150 e. The number of aryl methyl sites for hydroxylation is 1. The van der Waals surface area contributed by atoms with E-state index in [9.17, 15) is 4.79 Å². The number of ether oxygens (including phenoxy) is 1. The van der Waals surface area contributed by atoms with E-state index in [-0.39, 0.29) is 0 Å². The lowest BCUT2D eigenvalue weighted by Crippen LogP contribution is -2.34. The molecular weight excluding hydrogens is 688 g/mol. The molecule has 0 amide bonds. The Morgan fingerprint density at radius 1 is 1.11 bits per heavy atom. The van der Waals surface area contributed by atoms with Gasteiger partial charge < -0.3 is 14.1 Å². The number of likely N-dealkylation sites (tertiary alicyclic amines) is 1. The largest absolute Gasteiger partial charge is 0.461 e. The molecule has 1 atom stereocenters. The molecular formula is C31H33I2NO3. The van der Waals surface area contributed by atoms with E-state index in [1.54, 1.807) is 0 Å². The SMILES string of the molecule is CCCCc1oc2ccccc2c1C1(OCCN2CCCC2)C=C(c2cc(I)cc(I)c2)C(C=O)=CC1. The minimum atomic E-state index is -0.704. The van der Waals surface area contributed by atoms with Gasteiger partial charge in [-0.15, -0.1) is 0 Å². The summed E-state index contributed by atoms with van der Waals surface area (Å²) >= 11 is 4.70. The standard InChI is InChI=1S/C31H33I2NO3/c1-2-3-9-29-30(26-8-4-5-10-28(26)37-29)31(36-16-15-34-13-6-7-14-34)12-11-22(21-35)27(20-31)23-17-24(32)19-25(33)18-23/h4-5,8,10-11,17-21H,2-3,6-7,9,12-16H2,1H3. The van der Waals surface area contributed by atoms with Gasteiger partial charge in [-0.1, -0.05) is 37.6 Å². The summed E-state index contributed by atoms with van der Waals surface area (Å²) in [5.74, 6) is 1.000. The van der Waals surface area contributed by atoms with Crippen molar-refractivity contribution in [2.45, 2.75) is 51.0 Å². The summed E-state index contributed by atoms with van der Waals surface area (Å²) in [6.45, 7) is 6.04. The number of hydrogen-bond donors (Lipinski definition) is 0. The Morgan fingerprint density at radius 3 is 2.59 bits per heavy atom. The molecule has 3 aromatic rings. The average Bonchev–Trinajstić information content (AvgIpc) is 3.54. The molecule has 194 valence electrons. The molecule has 1 saturated heterocycles. The maximum absolute atomic E-state index is 12.2. The van der Waals surface area contributed by atoms with E-state index in [1.165, 1.54) is 12.8 Å². The van der Waals surface area contributed by atoms with Gasteiger partial charge in [-0.05, 0) is 119 Å². The molecule has 0 N–H and O–H groups in total. The number of aldehydes is 1. The Kier molecular flexibility index (Phi) is 8.89. The van der Waals surface area contributed by atoms with Crippen LogP contribution in [-0.2, 0) is 21.6 Å². The van der Waals surface area contributed by atoms with Crippen molar-refractivity contribution in [1.82, 2.24) is 4.90 Å². The normalized spacial score (nSPS) is 20.3. The second-order valence-corrected chi connectivity index (χ2v) is 12.5. The van der Waals surface area contributed by atoms with E-state index < -0.39 is 5.60 Å². The minimum absolute atomic E-state index is 0.605. The van der Waals surface area contributed by atoms with Gasteiger partial charge in [-0.2, -0.15) is 0 Å². The zero-order valence-corrected chi connectivity index (χ0v) is 25.6. The van der Waals surface area contributed by atoms with Gasteiger partial charge >= 0.3 is 0 Å². The molecule has 1 aromatic heterocycles. The van der Waals surface area contributed by atoms with Crippen LogP contribution in [0.2, 0.25) is 0 Å². The molecule has 1 fully saturated rings. The van der Waals surface area contributed by atoms with Crippen molar-refractivity contribution in [1.29, 1.82) is 0 Å². The van der Waals surface area contributed by atoms with Crippen LogP contribution < -0.4 is 0 Å². The molecule has 5 rings (SSSR count). The monoisotopic (exact) mass is 721 g/mol. The zero-order chi connectivity index (χ0) is 25.8. The average molecular weight is 721 g/mol. The number of nitrogens with zero attached hydrogens (tertiary/aromatic N) is 1. The molecule has 37 heavy (non-hydrogen) atoms. The van der Waals surface area contributed by atoms with E-state index in [2.05, 4.69) is 99.5 Å². The first-order chi connectivity index (χ1) is 18.0. The molecule has 2 aromatic carbocycles. The van der Waals surface area contributed by atoms with Crippen LogP contribution in [0, 0.1) is 7.14 Å². The molecule has 2 heterocycles. The first kappa shape index (κ1) is 27.1. The fraction of sp³-hybridized carbons (Fsp3) is 0.387. The lowest BCUT2D eigenvalue weighted by atomic mass is 9.78. The fourth-order valence-corrected chi connectivity index (χ4v) is 7.54. The summed E-state index contributed by atoms with van der Waals surface area (Å²) in [5.41, 5.74) is 4.02. The minimum Gasteiger partial charge on any atom is -0.461 e. The third-order valence-electron chi connectivity index (χ3n) is 7.43. The van der Waals surface area contributed by atoms with Crippen molar-refractivity contribution >= 4 is 68.0 Å². The van der Waals surface area contributed by atoms with Crippen LogP contribution in [0.4, 0.5) is 0 Å². The van der Waals surface area contributed by atoms with Crippen molar-refractivity contribution < 1.29 is 13.9 Å². The van der Waals surface area contributed by atoms with Crippen molar-refractivity contribution in [2.75, 3.05) is 26.2 Å². The van der Waals surface area contributed by atoms with E-state index in [4.69, 9.17) is 9.15 Å². The second kappa shape index (κ2) is 12.1. The van der Waals surface area contributed by atoms with Gasteiger partial charge in [0.1, 0.15) is 23.2 Å². The fourth-order valence-electron chi connectivity index (χ4n) is 5.60. The molecule has 0 radical (unpaired) electrons. The van der Waals surface area contributed by atoms with Gasteiger partial charge in [0.15, 0.2) is 0 Å². The van der Waals surface area contributed by atoms with Crippen LogP contribution in [0.25, 0.3) is 16.5 Å². The van der Waals surface area contributed by atoms with Gasteiger partial charge in [-0.25, -0.2) is 0 Å². The molecule has 2 aliphatic rings. The van der Waals surface area contributed by atoms with Crippen molar-refractivity contribution in [3.05, 3.63) is 84.2 Å². The molecule has 1 unspecified atom stereocenters. The van der Waals surface area contributed by atoms with Crippen LogP contribution in [0.15, 0.2) is 64.6 Å². The predicted octanol–water partition coefficient (Wildman–Crippen LogP) is 7.90. The maximum atomic E-state index is 12.2. The second-order valence-electron chi connectivity index (χ2n) is 9.98. The first-order valence-electron chi connectivity index (χ1n) is 13.2. The number of halogens is 2. The van der Waals surface area contributed by atoms with Gasteiger partial charge in [0.2, 0.25) is 0 Å². The van der Waals surface area contributed by atoms with E-state index in [0.29, 0.717) is 13.0 Å². The Balaban J connectivity index is 1.66. The lowest BCUT2D eigenvalue weighted by molar-refractivity contribution is -0.104. The Hall–Kier alpha value is -1.49. The zero-order valence-electron chi connectivity index (χ0n) is 21.3. The first-order valence-corrected chi connectivity index (χ1v) is 15.4. The quantitative estimate of drug-likeness (QED) is 0.158. The predicted molar refractivity (Wildman–Crippen MR) is 167 cm³/mol. The number of benzene rings is 2. The number of furan rings is 1. The third-order valence-corrected chi connectivity index (χ3v) is 8.67.